The van der Waals surface area contributed by atoms with Crippen LogP contribution in [0, 0.1) is 0 Å². The van der Waals surface area contributed by atoms with Crippen LogP contribution < -0.4 is 10.9 Å². The van der Waals surface area contributed by atoms with Gasteiger partial charge in [-0.15, -0.1) is 5.10 Å². The Kier molecular flexibility index (Phi) is 5.79. The second-order valence-electron chi connectivity index (χ2n) is 6.05. The molecule has 1 aromatic carbocycles. The van der Waals surface area contributed by atoms with Crippen molar-refractivity contribution < 1.29 is 31.1 Å². The molecule has 0 spiro atoms. The van der Waals surface area contributed by atoms with Gasteiger partial charge in [0, 0.05) is 24.0 Å². The average Bonchev–Trinajstić information content (AvgIpc) is 3.19. The molecule has 2 heterocycles. The van der Waals surface area contributed by atoms with Crippen molar-refractivity contribution in [3.63, 3.8) is 0 Å². The molecule has 0 bridgehead atoms. The van der Waals surface area contributed by atoms with Crippen LogP contribution in [0.5, 0.6) is 0 Å². The second-order valence-corrected chi connectivity index (χ2v) is 6.05. The highest BCUT2D eigenvalue weighted by atomic mass is 19.4. The lowest BCUT2D eigenvalue weighted by molar-refractivity contribution is -0.143. The molecule has 1 amide bonds. The molecular weight excluding hydrogens is 430 g/mol. The van der Waals surface area contributed by atoms with Gasteiger partial charge in [-0.1, -0.05) is 6.07 Å². The highest BCUT2D eigenvalue weighted by Gasteiger charge is 2.37. The summed E-state index contributed by atoms with van der Waals surface area (Å²) in [4.78, 5) is 19.7. The number of nitrogens with two attached hydrogens (primary N) is 1. The summed E-state index contributed by atoms with van der Waals surface area (Å²) in [5, 5.41) is 4.52. The first-order valence-electron chi connectivity index (χ1n) is 8.34. The minimum absolute atomic E-state index is 0.00646. The van der Waals surface area contributed by atoms with Crippen LogP contribution in [0.25, 0.3) is 17.6 Å². The molecule has 0 saturated heterocycles. The van der Waals surface area contributed by atoms with Crippen molar-refractivity contribution in [1.29, 1.82) is 0 Å². The summed E-state index contributed by atoms with van der Waals surface area (Å²) in [6, 6.07) is 5.72. The van der Waals surface area contributed by atoms with E-state index in [0.717, 1.165) is 28.3 Å². The molecule has 13 heteroatoms. The van der Waals surface area contributed by atoms with Gasteiger partial charge in [-0.3, -0.25) is 4.79 Å². The lowest BCUT2D eigenvalue weighted by Crippen LogP contribution is -2.36. The first-order valence-corrected chi connectivity index (χ1v) is 8.34. The zero-order chi connectivity index (χ0) is 22.8. The lowest BCUT2D eigenvalue weighted by atomic mass is 10.0. The van der Waals surface area contributed by atoms with E-state index < -0.39 is 40.8 Å². The van der Waals surface area contributed by atoms with Gasteiger partial charge in [-0.2, -0.15) is 26.3 Å². The summed E-state index contributed by atoms with van der Waals surface area (Å²) in [7, 11) is 0. The molecular formula is C18H12F6N6O. The van der Waals surface area contributed by atoms with E-state index in [1.807, 2.05) is 0 Å². The third-order valence-corrected chi connectivity index (χ3v) is 3.86. The number of aromatic nitrogens is 4. The zero-order valence-electron chi connectivity index (χ0n) is 15.3. The Balaban J connectivity index is 1.86. The molecule has 31 heavy (non-hydrogen) atoms. The minimum atomic E-state index is -5.00. The third-order valence-electron chi connectivity index (χ3n) is 3.86. The number of nitrogens with zero attached hydrogens (tertiary/aromatic N) is 5. The summed E-state index contributed by atoms with van der Waals surface area (Å²) in [5.74, 6) is 4.66. The van der Waals surface area contributed by atoms with Crippen LogP contribution in [0.1, 0.15) is 11.1 Å². The largest absolute Gasteiger partial charge is 0.416 e. The fraction of sp³-hybridized carbons (Fsp3) is 0.111. The van der Waals surface area contributed by atoms with E-state index in [-0.39, 0.29) is 11.9 Å². The lowest BCUT2D eigenvalue weighted by Gasteiger charge is -2.13. The third kappa shape index (κ3) is 5.25. The van der Waals surface area contributed by atoms with Gasteiger partial charge in [-0.25, -0.2) is 25.5 Å². The van der Waals surface area contributed by atoms with Gasteiger partial charge in [0.05, 0.1) is 11.1 Å². The quantitative estimate of drug-likeness (QED) is 0.219. The van der Waals surface area contributed by atoms with E-state index in [2.05, 4.69) is 15.1 Å². The number of anilines is 1. The number of carbonyl (C=O) groups excluding carboxylic acids is 1. The predicted octanol–water partition coefficient (Wildman–Crippen LogP) is 3.76. The number of benzene rings is 1. The molecule has 0 radical (unpaired) electrons. The smallest absolute Gasteiger partial charge is 0.268 e. The van der Waals surface area contributed by atoms with Gasteiger partial charge in [0.25, 0.3) is 5.91 Å². The second kappa shape index (κ2) is 8.18. The minimum Gasteiger partial charge on any atom is -0.268 e. The van der Waals surface area contributed by atoms with Crippen molar-refractivity contribution in [1.82, 2.24) is 19.7 Å². The van der Waals surface area contributed by atoms with E-state index in [0.29, 0.717) is 12.1 Å². The number of hydrogen-bond donors (Lipinski definition) is 1. The molecule has 0 fully saturated rings. The maximum absolute atomic E-state index is 13.0. The Morgan fingerprint density at radius 3 is 2.19 bits per heavy atom. The number of alkyl halides is 6. The highest BCUT2D eigenvalue weighted by molar-refractivity contribution is 6.01. The SMILES string of the molecule is NN(C(=O)C=Cn1cnc(-c2cc(C(F)(F)F)cc(C(F)(F)F)c2)n1)c1ccccn1. The number of amides is 1. The van der Waals surface area contributed by atoms with Crippen LogP contribution in [0.15, 0.2) is 55.0 Å². The maximum Gasteiger partial charge on any atom is 0.416 e. The van der Waals surface area contributed by atoms with Gasteiger partial charge in [0.2, 0.25) is 0 Å². The standard InChI is InChI=1S/C18H12F6N6O/c19-17(20,21)12-7-11(8-13(9-12)18(22,23)24)16-27-10-29(28-16)6-4-15(31)30(25)14-3-1-2-5-26-14/h1-10H,25H2. The number of rotatable bonds is 4. The van der Waals surface area contributed by atoms with Crippen molar-refractivity contribution >= 4 is 17.9 Å². The molecule has 0 aliphatic heterocycles. The Bertz CT molecular complexity index is 1070. The van der Waals surface area contributed by atoms with Gasteiger partial charge >= 0.3 is 12.4 Å². The number of pyridine rings is 1. The summed E-state index contributed by atoms with van der Waals surface area (Å²) in [6.07, 6.45) is -5.52. The van der Waals surface area contributed by atoms with Crippen molar-refractivity contribution in [3.05, 3.63) is 66.1 Å². The van der Waals surface area contributed by atoms with Crippen LogP contribution in [0.2, 0.25) is 0 Å². The van der Waals surface area contributed by atoms with Crippen molar-refractivity contribution in [2.75, 3.05) is 5.01 Å². The zero-order valence-corrected chi connectivity index (χ0v) is 15.3. The van der Waals surface area contributed by atoms with Gasteiger partial charge < -0.3 is 0 Å². The van der Waals surface area contributed by atoms with E-state index >= 15 is 0 Å². The van der Waals surface area contributed by atoms with E-state index in [1.54, 1.807) is 12.1 Å². The monoisotopic (exact) mass is 442 g/mol. The molecule has 0 atom stereocenters. The molecule has 3 rings (SSSR count). The molecule has 2 N–H and O–H groups in total. The molecule has 0 aliphatic rings. The molecule has 0 unspecified atom stereocenters. The first kappa shape index (κ1) is 22.0. The molecule has 0 saturated carbocycles. The Morgan fingerprint density at radius 2 is 1.65 bits per heavy atom. The Labute approximate surface area is 170 Å². The summed E-state index contributed by atoms with van der Waals surface area (Å²) in [5.41, 5.74) is -3.48. The maximum atomic E-state index is 13.0. The molecule has 0 aliphatic carbocycles. The van der Waals surface area contributed by atoms with E-state index in [9.17, 15) is 31.1 Å². The van der Waals surface area contributed by atoms with Crippen LogP contribution in [-0.4, -0.2) is 25.7 Å². The van der Waals surface area contributed by atoms with E-state index in [4.69, 9.17) is 5.84 Å². The molecule has 3 aromatic rings. The normalized spacial score (nSPS) is 12.4. The van der Waals surface area contributed by atoms with Crippen molar-refractivity contribution in [2.24, 2.45) is 5.84 Å². The summed E-state index contributed by atoms with van der Waals surface area (Å²) in [6.45, 7) is 0. The number of hydrazine groups is 1. The predicted molar refractivity (Wildman–Crippen MR) is 96.7 cm³/mol. The van der Waals surface area contributed by atoms with Gasteiger partial charge in [0.1, 0.15) is 12.1 Å². The van der Waals surface area contributed by atoms with Crippen LogP contribution >= 0.6 is 0 Å². The summed E-state index contributed by atoms with van der Waals surface area (Å²) < 4.78 is 78.9. The number of halogens is 6. The number of carbonyl (C=O) groups is 1. The average molecular weight is 442 g/mol. The number of hydrogen-bond acceptors (Lipinski definition) is 5. The summed E-state index contributed by atoms with van der Waals surface area (Å²) >= 11 is 0. The first-order chi connectivity index (χ1) is 14.4. The van der Waals surface area contributed by atoms with Crippen LogP contribution in [-0.2, 0) is 17.1 Å². The Morgan fingerprint density at radius 1 is 1.00 bits per heavy atom. The topological polar surface area (TPSA) is 89.9 Å². The molecule has 2 aromatic heterocycles. The van der Waals surface area contributed by atoms with E-state index in [1.165, 1.54) is 12.3 Å². The van der Waals surface area contributed by atoms with Crippen molar-refractivity contribution in [3.8, 4) is 11.4 Å². The fourth-order valence-electron chi connectivity index (χ4n) is 2.39. The fourth-order valence-corrected chi connectivity index (χ4v) is 2.39. The van der Waals surface area contributed by atoms with Gasteiger partial charge in [-0.05, 0) is 30.3 Å². The van der Waals surface area contributed by atoms with Crippen LogP contribution in [0.3, 0.4) is 0 Å². The Hall–Kier alpha value is -3.74. The van der Waals surface area contributed by atoms with Crippen LogP contribution in [0.4, 0.5) is 32.2 Å². The highest BCUT2D eigenvalue weighted by Crippen LogP contribution is 2.38. The molecule has 162 valence electrons. The molecule has 7 nitrogen and oxygen atoms in total. The van der Waals surface area contributed by atoms with Crippen molar-refractivity contribution in [2.45, 2.75) is 12.4 Å². The van der Waals surface area contributed by atoms with Gasteiger partial charge in [0.15, 0.2) is 5.82 Å².